The Morgan fingerprint density at radius 2 is 2.19 bits per heavy atom. The van der Waals surface area contributed by atoms with E-state index < -0.39 is 0 Å². The van der Waals surface area contributed by atoms with E-state index in [1.54, 1.807) is 0 Å². The summed E-state index contributed by atoms with van der Waals surface area (Å²) in [5.74, 6) is 0.331. The second-order valence-electron chi connectivity index (χ2n) is 4.53. The maximum Gasteiger partial charge on any atom is 0.271 e. The molecular formula is C12H21N3O. The van der Waals surface area contributed by atoms with Crippen LogP contribution in [-0.2, 0) is 6.42 Å². The maximum atomic E-state index is 11.8. The van der Waals surface area contributed by atoms with Crippen LogP contribution in [0.4, 0.5) is 0 Å². The molecule has 1 heterocycles. The molecule has 0 aliphatic heterocycles. The van der Waals surface area contributed by atoms with Crippen molar-refractivity contribution in [2.75, 3.05) is 0 Å². The molecule has 0 aliphatic rings. The first-order valence-electron chi connectivity index (χ1n) is 5.89. The maximum absolute atomic E-state index is 11.8. The van der Waals surface area contributed by atoms with E-state index in [-0.39, 0.29) is 11.9 Å². The second kappa shape index (κ2) is 5.68. The van der Waals surface area contributed by atoms with Gasteiger partial charge in [0.25, 0.3) is 5.91 Å². The standard InChI is InChI=1S/C12H21N3O/c1-5-6-10-7-11(15-14-10)12(16)13-9(4)8(2)3/h7-9H,5-6H2,1-4H3,(H,13,16)(H,14,15). The van der Waals surface area contributed by atoms with Gasteiger partial charge in [0.15, 0.2) is 0 Å². The van der Waals surface area contributed by atoms with E-state index >= 15 is 0 Å². The Kier molecular flexibility index (Phi) is 4.52. The highest BCUT2D eigenvalue weighted by atomic mass is 16.2. The van der Waals surface area contributed by atoms with Crippen molar-refractivity contribution in [3.63, 3.8) is 0 Å². The summed E-state index contributed by atoms with van der Waals surface area (Å²) in [4.78, 5) is 11.8. The third kappa shape index (κ3) is 3.36. The summed E-state index contributed by atoms with van der Waals surface area (Å²) < 4.78 is 0. The lowest BCUT2D eigenvalue weighted by atomic mass is 10.1. The SMILES string of the molecule is CCCc1cc(C(=O)NC(C)C(C)C)n[nH]1. The summed E-state index contributed by atoms with van der Waals surface area (Å²) in [5, 5.41) is 9.82. The van der Waals surface area contributed by atoms with Crippen LogP contribution in [0.1, 0.15) is 50.3 Å². The minimum Gasteiger partial charge on any atom is -0.348 e. The van der Waals surface area contributed by atoms with E-state index in [4.69, 9.17) is 0 Å². The number of carbonyl (C=O) groups is 1. The molecule has 0 saturated carbocycles. The average Bonchev–Trinajstić information content (AvgIpc) is 2.66. The van der Waals surface area contributed by atoms with Crippen LogP contribution in [0.3, 0.4) is 0 Å². The lowest BCUT2D eigenvalue weighted by Gasteiger charge is -2.16. The van der Waals surface area contributed by atoms with Crippen LogP contribution in [0, 0.1) is 5.92 Å². The van der Waals surface area contributed by atoms with E-state index in [1.165, 1.54) is 0 Å². The highest BCUT2D eigenvalue weighted by Gasteiger charge is 2.14. The molecular weight excluding hydrogens is 202 g/mol. The first-order valence-corrected chi connectivity index (χ1v) is 5.89. The van der Waals surface area contributed by atoms with Crippen LogP contribution < -0.4 is 5.32 Å². The van der Waals surface area contributed by atoms with Gasteiger partial charge in [0.1, 0.15) is 5.69 Å². The van der Waals surface area contributed by atoms with E-state index in [9.17, 15) is 4.79 Å². The van der Waals surface area contributed by atoms with Crippen LogP contribution in [0.2, 0.25) is 0 Å². The van der Waals surface area contributed by atoms with Gasteiger partial charge >= 0.3 is 0 Å². The zero-order valence-corrected chi connectivity index (χ0v) is 10.5. The van der Waals surface area contributed by atoms with Crippen molar-refractivity contribution in [3.05, 3.63) is 17.5 Å². The molecule has 90 valence electrons. The summed E-state index contributed by atoms with van der Waals surface area (Å²) in [6, 6.07) is 1.99. The summed E-state index contributed by atoms with van der Waals surface area (Å²) in [5.41, 5.74) is 1.50. The predicted molar refractivity (Wildman–Crippen MR) is 64.3 cm³/mol. The van der Waals surface area contributed by atoms with Crippen molar-refractivity contribution in [3.8, 4) is 0 Å². The van der Waals surface area contributed by atoms with Gasteiger partial charge in [-0.3, -0.25) is 9.89 Å². The molecule has 0 aromatic carbocycles. The largest absolute Gasteiger partial charge is 0.348 e. The molecule has 4 nitrogen and oxygen atoms in total. The van der Waals surface area contributed by atoms with Crippen molar-refractivity contribution in [2.45, 2.75) is 46.6 Å². The van der Waals surface area contributed by atoms with Gasteiger partial charge in [0.2, 0.25) is 0 Å². The number of aromatic amines is 1. The van der Waals surface area contributed by atoms with E-state index in [0.29, 0.717) is 11.6 Å². The molecule has 16 heavy (non-hydrogen) atoms. The van der Waals surface area contributed by atoms with Crippen molar-refractivity contribution in [2.24, 2.45) is 5.92 Å². The summed E-state index contributed by atoms with van der Waals surface area (Å²) >= 11 is 0. The Morgan fingerprint density at radius 3 is 2.75 bits per heavy atom. The van der Waals surface area contributed by atoms with E-state index in [0.717, 1.165) is 18.5 Å². The number of nitrogens with one attached hydrogen (secondary N) is 2. The molecule has 0 spiro atoms. The van der Waals surface area contributed by atoms with E-state index in [2.05, 4.69) is 36.3 Å². The summed E-state index contributed by atoms with van der Waals surface area (Å²) in [7, 11) is 0. The van der Waals surface area contributed by atoms with E-state index in [1.807, 2.05) is 13.0 Å². The first kappa shape index (κ1) is 12.7. The van der Waals surface area contributed by atoms with Crippen LogP contribution in [0.25, 0.3) is 0 Å². The number of aromatic nitrogens is 2. The van der Waals surface area contributed by atoms with Gasteiger partial charge in [-0.1, -0.05) is 27.2 Å². The smallest absolute Gasteiger partial charge is 0.271 e. The Balaban J connectivity index is 2.59. The van der Waals surface area contributed by atoms with Crippen molar-refractivity contribution in [1.29, 1.82) is 0 Å². The number of hydrogen-bond donors (Lipinski definition) is 2. The van der Waals surface area contributed by atoms with Gasteiger partial charge in [-0.05, 0) is 25.3 Å². The van der Waals surface area contributed by atoms with Crippen LogP contribution in [0.15, 0.2) is 6.07 Å². The average molecular weight is 223 g/mol. The molecule has 1 atom stereocenters. The van der Waals surface area contributed by atoms with Crippen LogP contribution in [0.5, 0.6) is 0 Å². The Bertz CT molecular complexity index is 344. The van der Waals surface area contributed by atoms with Crippen LogP contribution >= 0.6 is 0 Å². The van der Waals surface area contributed by atoms with Gasteiger partial charge < -0.3 is 5.32 Å². The second-order valence-corrected chi connectivity index (χ2v) is 4.53. The molecule has 0 radical (unpaired) electrons. The van der Waals surface area contributed by atoms with Gasteiger partial charge in [-0.2, -0.15) is 5.10 Å². The molecule has 0 bridgehead atoms. The van der Waals surface area contributed by atoms with Gasteiger partial charge in [-0.25, -0.2) is 0 Å². The number of carbonyl (C=O) groups excluding carboxylic acids is 1. The highest BCUT2D eigenvalue weighted by molar-refractivity contribution is 5.92. The fourth-order valence-corrected chi connectivity index (χ4v) is 1.32. The monoisotopic (exact) mass is 223 g/mol. The number of hydrogen-bond acceptors (Lipinski definition) is 2. The van der Waals surface area contributed by atoms with Crippen molar-refractivity contribution >= 4 is 5.91 Å². The molecule has 0 fully saturated rings. The fourth-order valence-electron chi connectivity index (χ4n) is 1.32. The van der Waals surface area contributed by atoms with Crippen LogP contribution in [-0.4, -0.2) is 22.1 Å². The topological polar surface area (TPSA) is 57.8 Å². The predicted octanol–water partition coefficient (Wildman–Crippen LogP) is 2.14. The minimum absolute atomic E-state index is 0.0974. The molecule has 2 N–H and O–H groups in total. The third-order valence-electron chi connectivity index (χ3n) is 2.74. The Labute approximate surface area is 96.8 Å². The molecule has 0 aliphatic carbocycles. The van der Waals surface area contributed by atoms with Gasteiger partial charge in [0, 0.05) is 11.7 Å². The molecule has 0 saturated heterocycles. The number of H-pyrrole nitrogens is 1. The number of nitrogens with zero attached hydrogens (tertiary/aromatic N) is 1. The number of aryl methyl sites for hydroxylation is 1. The Hall–Kier alpha value is -1.32. The zero-order chi connectivity index (χ0) is 12.1. The first-order chi connectivity index (χ1) is 7.54. The lowest BCUT2D eigenvalue weighted by molar-refractivity contribution is 0.0925. The Morgan fingerprint density at radius 1 is 1.50 bits per heavy atom. The number of rotatable bonds is 5. The molecule has 1 rings (SSSR count). The zero-order valence-electron chi connectivity index (χ0n) is 10.5. The molecule has 1 unspecified atom stereocenters. The van der Waals surface area contributed by atoms with Crippen molar-refractivity contribution < 1.29 is 4.79 Å². The van der Waals surface area contributed by atoms with Gasteiger partial charge in [0.05, 0.1) is 0 Å². The fraction of sp³-hybridized carbons (Fsp3) is 0.667. The normalized spacial score (nSPS) is 12.8. The lowest BCUT2D eigenvalue weighted by Crippen LogP contribution is -2.36. The minimum atomic E-state index is -0.0974. The third-order valence-corrected chi connectivity index (χ3v) is 2.74. The highest BCUT2D eigenvalue weighted by Crippen LogP contribution is 2.05. The quantitative estimate of drug-likeness (QED) is 0.803. The van der Waals surface area contributed by atoms with Crippen molar-refractivity contribution in [1.82, 2.24) is 15.5 Å². The molecule has 1 amide bonds. The van der Waals surface area contributed by atoms with Gasteiger partial charge in [-0.15, -0.1) is 0 Å². The summed E-state index contributed by atoms with van der Waals surface area (Å²) in [6.07, 6.45) is 1.98. The summed E-state index contributed by atoms with van der Waals surface area (Å²) in [6.45, 7) is 8.26. The molecule has 1 aromatic heterocycles. The molecule has 1 aromatic rings. The number of amides is 1. The molecule has 4 heteroatoms.